The highest BCUT2D eigenvalue weighted by molar-refractivity contribution is 5.90. The molecule has 1 unspecified atom stereocenters. The lowest BCUT2D eigenvalue weighted by Gasteiger charge is -2.13. The van der Waals surface area contributed by atoms with E-state index in [4.69, 9.17) is 9.47 Å². The van der Waals surface area contributed by atoms with Crippen molar-refractivity contribution in [2.24, 2.45) is 0 Å². The van der Waals surface area contributed by atoms with Gasteiger partial charge >= 0.3 is 5.97 Å². The van der Waals surface area contributed by atoms with Gasteiger partial charge in [0.2, 0.25) is 0 Å². The normalized spacial score (nSPS) is 16.7. The van der Waals surface area contributed by atoms with Crippen molar-refractivity contribution in [3.63, 3.8) is 0 Å². The molecule has 132 valence electrons. The number of methoxy groups -OCH3 is 1. The molecule has 6 nitrogen and oxygen atoms in total. The molecule has 0 saturated carbocycles. The zero-order chi connectivity index (χ0) is 17.8. The van der Waals surface area contributed by atoms with Gasteiger partial charge in [0.05, 0.1) is 18.8 Å². The van der Waals surface area contributed by atoms with Crippen molar-refractivity contribution in [1.29, 1.82) is 0 Å². The van der Waals surface area contributed by atoms with Gasteiger partial charge in [-0.1, -0.05) is 0 Å². The molecule has 8 heteroatoms. The van der Waals surface area contributed by atoms with E-state index in [1.54, 1.807) is 0 Å². The fraction of sp³-hybridized carbons (Fsp3) is 0.353. The number of halogens is 2. The molecule has 0 radical (unpaired) electrons. The second-order valence-electron chi connectivity index (χ2n) is 5.59. The van der Waals surface area contributed by atoms with Crippen LogP contribution in [0.4, 0.5) is 8.78 Å². The third-order valence-electron chi connectivity index (χ3n) is 3.92. The molecule has 3 rings (SSSR count). The van der Waals surface area contributed by atoms with E-state index in [-0.39, 0.29) is 29.7 Å². The summed E-state index contributed by atoms with van der Waals surface area (Å²) < 4.78 is 36.8. The standard InChI is InChI=1S/C17H17F2N3O3/c1-24-17(23)11-8-21-16(13-3-2-6-20-13)22-14(11)9-25-15-5-4-10(18)7-12(15)19/h4-5,7-8,13,20H,2-3,6,9H2,1H3. The molecule has 1 aromatic carbocycles. The van der Waals surface area contributed by atoms with Crippen LogP contribution in [0.3, 0.4) is 0 Å². The molecule has 1 N–H and O–H groups in total. The van der Waals surface area contributed by atoms with E-state index in [2.05, 4.69) is 15.3 Å². The Kier molecular flexibility index (Phi) is 5.18. The second kappa shape index (κ2) is 7.52. The average molecular weight is 349 g/mol. The number of carbonyl (C=O) groups is 1. The summed E-state index contributed by atoms with van der Waals surface area (Å²) in [6.07, 6.45) is 3.29. The van der Waals surface area contributed by atoms with Crippen molar-refractivity contribution < 1.29 is 23.0 Å². The number of ether oxygens (including phenoxy) is 2. The molecule has 0 spiro atoms. The van der Waals surface area contributed by atoms with E-state index >= 15 is 0 Å². The van der Waals surface area contributed by atoms with Crippen molar-refractivity contribution in [1.82, 2.24) is 15.3 Å². The summed E-state index contributed by atoms with van der Waals surface area (Å²) in [5, 5.41) is 3.27. The van der Waals surface area contributed by atoms with Crippen LogP contribution in [-0.2, 0) is 11.3 Å². The summed E-state index contributed by atoms with van der Waals surface area (Å²) in [5.74, 6) is -1.72. The molecule has 2 heterocycles. The van der Waals surface area contributed by atoms with Gasteiger partial charge in [-0.15, -0.1) is 0 Å². The van der Waals surface area contributed by atoms with Gasteiger partial charge in [-0.05, 0) is 31.5 Å². The number of esters is 1. The zero-order valence-corrected chi connectivity index (χ0v) is 13.6. The smallest absolute Gasteiger partial charge is 0.341 e. The first kappa shape index (κ1) is 17.2. The van der Waals surface area contributed by atoms with E-state index < -0.39 is 17.6 Å². The van der Waals surface area contributed by atoms with Crippen LogP contribution in [-0.4, -0.2) is 29.6 Å². The van der Waals surface area contributed by atoms with Gasteiger partial charge in [-0.3, -0.25) is 0 Å². The van der Waals surface area contributed by atoms with Crippen molar-refractivity contribution in [3.8, 4) is 5.75 Å². The Morgan fingerprint density at radius 2 is 2.24 bits per heavy atom. The van der Waals surface area contributed by atoms with Crippen LogP contribution >= 0.6 is 0 Å². The fourth-order valence-electron chi connectivity index (χ4n) is 2.63. The minimum atomic E-state index is -0.827. The van der Waals surface area contributed by atoms with Crippen LogP contribution in [0, 0.1) is 11.6 Å². The van der Waals surface area contributed by atoms with Gasteiger partial charge in [0.25, 0.3) is 0 Å². The summed E-state index contributed by atoms with van der Waals surface area (Å²) >= 11 is 0. The van der Waals surface area contributed by atoms with Crippen LogP contribution in [0.25, 0.3) is 0 Å². The minimum Gasteiger partial charge on any atom is -0.484 e. The van der Waals surface area contributed by atoms with Gasteiger partial charge in [0.1, 0.15) is 23.8 Å². The Labute approximate surface area is 143 Å². The molecule has 1 atom stereocenters. The lowest BCUT2D eigenvalue weighted by atomic mass is 10.2. The number of nitrogens with zero attached hydrogens (tertiary/aromatic N) is 2. The number of hydrogen-bond donors (Lipinski definition) is 1. The molecule has 25 heavy (non-hydrogen) atoms. The molecular formula is C17H17F2N3O3. The summed E-state index contributed by atoms with van der Waals surface area (Å²) in [7, 11) is 1.25. The summed E-state index contributed by atoms with van der Waals surface area (Å²) in [4.78, 5) is 20.5. The third kappa shape index (κ3) is 3.90. The van der Waals surface area contributed by atoms with E-state index in [0.29, 0.717) is 5.82 Å². The number of aromatic nitrogens is 2. The van der Waals surface area contributed by atoms with Gasteiger partial charge in [0.15, 0.2) is 11.6 Å². The molecule has 1 aromatic heterocycles. The molecule has 0 aliphatic carbocycles. The molecule has 1 aliphatic rings. The first-order valence-corrected chi connectivity index (χ1v) is 7.84. The SMILES string of the molecule is COC(=O)c1cnc(C2CCCN2)nc1COc1ccc(F)cc1F. The lowest BCUT2D eigenvalue weighted by molar-refractivity contribution is 0.0596. The average Bonchev–Trinajstić information content (AvgIpc) is 3.15. The maximum atomic E-state index is 13.7. The van der Waals surface area contributed by atoms with Crippen molar-refractivity contribution >= 4 is 5.97 Å². The van der Waals surface area contributed by atoms with E-state index in [1.165, 1.54) is 19.4 Å². The van der Waals surface area contributed by atoms with E-state index in [0.717, 1.165) is 31.5 Å². The monoisotopic (exact) mass is 349 g/mol. The van der Waals surface area contributed by atoms with Gasteiger partial charge in [-0.25, -0.2) is 23.5 Å². The van der Waals surface area contributed by atoms with Gasteiger partial charge in [0, 0.05) is 12.3 Å². The maximum Gasteiger partial charge on any atom is 0.341 e. The van der Waals surface area contributed by atoms with Gasteiger partial charge in [-0.2, -0.15) is 0 Å². The lowest BCUT2D eigenvalue weighted by Crippen LogP contribution is -2.19. The van der Waals surface area contributed by atoms with E-state index in [9.17, 15) is 13.6 Å². The fourth-order valence-corrected chi connectivity index (χ4v) is 2.63. The number of hydrogen-bond acceptors (Lipinski definition) is 6. The minimum absolute atomic E-state index is 0.00741. The second-order valence-corrected chi connectivity index (χ2v) is 5.59. The van der Waals surface area contributed by atoms with Crippen molar-refractivity contribution in [3.05, 3.63) is 53.1 Å². The van der Waals surface area contributed by atoms with Crippen molar-refractivity contribution in [2.45, 2.75) is 25.5 Å². The maximum absolute atomic E-state index is 13.7. The number of nitrogens with one attached hydrogen (secondary N) is 1. The Morgan fingerprint density at radius 3 is 2.92 bits per heavy atom. The predicted octanol–water partition coefficient (Wildman–Crippen LogP) is 2.54. The largest absolute Gasteiger partial charge is 0.484 e. The number of benzene rings is 1. The molecule has 0 bridgehead atoms. The van der Waals surface area contributed by atoms with Crippen LogP contribution < -0.4 is 10.1 Å². The van der Waals surface area contributed by atoms with Gasteiger partial charge < -0.3 is 14.8 Å². The number of rotatable bonds is 5. The first-order chi connectivity index (χ1) is 12.1. The van der Waals surface area contributed by atoms with Crippen molar-refractivity contribution in [2.75, 3.05) is 13.7 Å². The molecule has 0 amide bonds. The quantitative estimate of drug-likeness (QED) is 0.837. The zero-order valence-electron chi connectivity index (χ0n) is 13.6. The molecule has 2 aromatic rings. The highest BCUT2D eigenvalue weighted by Crippen LogP contribution is 2.23. The predicted molar refractivity (Wildman–Crippen MR) is 84.0 cm³/mol. The molecule has 1 fully saturated rings. The topological polar surface area (TPSA) is 73.3 Å². The Balaban J connectivity index is 1.85. The molecular weight excluding hydrogens is 332 g/mol. The Hall–Kier alpha value is -2.61. The highest BCUT2D eigenvalue weighted by Gasteiger charge is 2.22. The van der Waals surface area contributed by atoms with E-state index in [1.807, 2.05) is 0 Å². The number of carbonyl (C=O) groups excluding carboxylic acids is 1. The molecule has 1 aliphatic heterocycles. The van der Waals surface area contributed by atoms with Crippen LogP contribution in [0.1, 0.15) is 40.8 Å². The van der Waals surface area contributed by atoms with Crippen LogP contribution in [0.5, 0.6) is 5.75 Å². The summed E-state index contributed by atoms with van der Waals surface area (Å²) in [6, 6.07) is 3.01. The third-order valence-corrected chi connectivity index (χ3v) is 3.92. The highest BCUT2D eigenvalue weighted by atomic mass is 19.1. The summed E-state index contributed by atoms with van der Waals surface area (Å²) in [5.41, 5.74) is 0.432. The first-order valence-electron chi connectivity index (χ1n) is 7.84. The van der Waals surface area contributed by atoms with Crippen LogP contribution in [0.15, 0.2) is 24.4 Å². The Morgan fingerprint density at radius 1 is 1.40 bits per heavy atom. The Bertz CT molecular complexity index is 780. The summed E-state index contributed by atoms with van der Waals surface area (Å²) in [6.45, 7) is 0.703. The molecule has 1 saturated heterocycles. The van der Waals surface area contributed by atoms with Crippen LogP contribution in [0.2, 0.25) is 0 Å².